The second kappa shape index (κ2) is 11.3. The number of hydrogen-bond acceptors (Lipinski definition) is 10. The second-order valence-corrected chi connectivity index (χ2v) is 9.42. The van der Waals surface area contributed by atoms with Gasteiger partial charge in [0.1, 0.15) is 0 Å². The molecule has 2 aromatic rings. The van der Waals surface area contributed by atoms with Gasteiger partial charge >= 0.3 is 0 Å². The molecular formula is C21H25N5O5S2. The topological polar surface area (TPSA) is 106 Å². The number of carbonyl (C=O) groups is 2. The van der Waals surface area contributed by atoms with Gasteiger partial charge in [0.15, 0.2) is 15.8 Å². The molecule has 1 aromatic carbocycles. The number of carbonyl (C=O) groups excluding carboxylic acids is 2. The Bertz CT molecular complexity index is 1010. The van der Waals surface area contributed by atoms with Gasteiger partial charge in [0.2, 0.25) is 23.7 Å². The zero-order valence-corrected chi connectivity index (χ0v) is 19.8. The van der Waals surface area contributed by atoms with Gasteiger partial charge in [0.25, 0.3) is 0 Å². The standard InChI is InChI=1S/C21H25N5O5S2/c1-29-11-6-22-18(27)13-32-21-24-23-20(33-21)26-9-7-25(8-10-26)19(28)5-3-15-2-4-16-17(12-15)31-14-30-16/h2-5,12H,6-11,13-14H2,1H3,(H,22,27)/b5-3+. The summed E-state index contributed by atoms with van der Waals surface area (Å²) in [6, 6.07) is 5.59. The van der Waals surface area contributed by atoms with Crippen molar-refractivity contribution >= 4 is 46.1 Å². The highest BCUT2D eigenvalue weighted by atomic mass is 32.2. The molecule has 0 bridgehead atoms. The maximum absolute atomic E-state index is 12.6. The monoisotopic (exact) mass is 491 g/mol. The fourth-order valence-electron chi connectivity index (χ4n) is 3.27. The summed E-state index contributed by atoms with van der Waals surface area (Å²) in [5, 5.41) is 12.0. The molecule has 0 spiro atoms. The number of aromatic nitrogens is 2. The fraction of sp³-hybridized carbons (Fsp3) is 0.429. The van der Waals surface area contributed by atoms with Crippen LogP contribution in [0.2, 0.25) is 0 Å². The largest absolute Gasteiger partial charge is 0.454 e. The van der Waals surface area contributed by atoms with E-state index in [9.17, 15) is 9.59 Å². The molecule has 33 heavy (non-hydrogen) atoms. The van der Waals surface area contributed by atoms with E-state index in [-0.39, 0.29) is 24.4 Å². The van der Waals surface area contributed by atoms with Gasteiger partial charge < -0.3 is 29.3 Å². The zero-order valence-electron chi connectivity index (χ0n) is 18.2. The van der Waals surface area contributed by atoms with Crippen molar-refractivity contribution in [1.82, 2.24) is 20.4 Å². The summed E-state index contributed by atoms with van der Waals surface area (Å²) in [5.74, 6) is 1.61. The number of nitrogens with zero attached hydrogens (tertiary/aromatic N) is 4. The first kappa shape index (κ1) is 23.3. The molecule has 2 aliphatic heterocycles. The first-order chi connectivity index (χ1) is 16.1. The van der Waals surface area contributed by atoms with Crippen LogP contribution in [0.15, 0.2) is 28.6 Å². The number of amides is 2. The molecule has 3 heterocycles. The van der Waals surface area contributed by atoms with E-state index >= 15 is 0 Å². The van der Waals surface area contributed by atoms with Gasteiger partial charge in [-0.2, -0.15) is 0 Å². The molecule has 1 fully saturated rings. The minimum absolute atomic E-state index is 0.0275. The number of nitrogens with one attached hydrogen (secondary N) is 1. The van der Waals surface area contributed by atoms with Crippen LogP contribution < -0.4 is 19.7 Å². The first-order valence-corrected chi connectivity index (χ1v) is 12.3. The third-order valence-corrected chi connectivity index (χ3v) is 7.15. The molecule has 0 radical (unpaired) electrons. The van der Waals surface area contributed by atoms with Gasteiger partial charge in [0.05, 0.1) is 12.4 Å². The van der Waals surface area contributed by atoms with E-state index in [2.05, 4.69) is 20.4 Å². The number of rotatable bonds is 9. The highest BCUT2D eigenvalue weighted by molar-refractivity contribution is 8.01. The quantitative estimate of drug-likeness (QED) is 0.317. The van der Waals surface area contributed by atoms with E-state index in [0.717, 1.165) is 20.8 Å². The van der Waals surface area contributed by atoms with Crippen molar-refractivity contribution in [2.75, 3.05) is 63.9 Å². The summed E-state index contributed by atoms with van der Waals surface area (Å²) >= 11 is 2.82. The third kappa shape index (κ3) is 6.36. The highest BCUT2D eigenvalue weighted by Crippen LogP contribution is 2.33. The lowest BCUT2D eigenvalue weighted by Crippen LogP contribution is -2.48. The molecule has 1 saturated heterocycles. The normalized spacial score (nSPS) is 15.3. The van der Waals surface area contributed by atoms with Crippen molar-refractivity contribution in [3.8, 4) is 11.5 Å². The van der Waals surface area contributed by atoms with E-state index in [1.807, 2.05) is 23.1 Å². The van der Waals surface area contributed by atoms with Crippen LogP contribution in [-0.2, 0) is 14.3 Å². The average Bonchev–Trinajstić information content (AvgIpc) is 3.51. The Morgan fingerprint density at radius 3 is 2.85 bits per heavy atom. The van der Waals surface area contributed by atoms with Crippen LogP contribution in [0, 0.1) is 0 Å². The van der Waals surface area contributed by atoms with Crippen LogP contribution >= 0.6 is 23.1 Å². The highest BCUT2D eigenvalue weighted by Gasteiger charge is 2.22. The Morgan fingerprint density at radius 2 is 2.03 bits per heavy atom. The predicted molar refractivity (Wildman–Crippen MR) is 126 cm³/mol. The molecule has 2 amide bonds. The van der Waals surface area contributed by atoms with Crippen LogP contribution in [-0.4, -0.2) is 85.9 Å². The summed E-state index contributed by atoms with van der Waals surface area (Å²) in [5.41, 5.74) is 0.887. The van der Waals surface area contributed by atoms with Crippen molar-refractivity contribution in [3.63, 3.8) is 0 Å². The van der Waals surface area contributed by atoms with Gasteiger partial charge in [-0.15, -0.1) is 10.2 Å². The molecule has 1 N–H and O–H groups in total. The Balaban J connectivity index is 1.22. The van der Waals surface area contributed by atoms with Gasteiger partial charge in [-0.3, -0.25) is 9.59 Å². The molecule has 12 heteroatoms. The lowest BCUT2D eigenvalue weighted by molar-refractivity contribution is -0.126. The van der Waals surface area contributed by atoms with E-state index in [1.54, 1.807) is 19.3 Å². The maximum Gasteiger partial charge on any atom is 0.246 e. The molecule has 0 saturated carbocycles. The van der Waals surface area contributed by atoms with Gasteiger partial charge in [-0.25, -0.2) is 0 Å². The molecule has 0 atom stereocenters. The number of hydrogen-bond donors (Lipinski definition) is 1. The summed E-state index contributed by atoms with van der Waals surface area (Å²) in [6.45, 7) is 3.78. The maximum atomic E-state index is 12.6. The van der Waals surface area contributed by atoms with Crippen LogP contribution in [0.5, 0.6) is 11.5 Å². The second-order valence-electron chi connectivity index (χ2n) is 7.24. The predicted octanol–water partition coefficient (Wildman–Crippen LogP) is 1.48. The van der Waals surface area contributed by atoms with Crippen molar-refractivity contribution < 1.29 is 23.8 Å². The number of anilines is 1. The van der Waals surface area contributed by atoms with E-state index in [1.165, 1.54) is 23.1 Å². The fourth-order valence-corrected chi connectivity index (χ4v) is 4.99. The SMILES string of the molecule is COCCNC(=O)CSc1nnc(N2CCN(C(=O)/C=C/c3ccc4c(c3)OCO4)CC2)s1. The molecule has 0 unspecified atom stereocenters. The summed E-state index contributed by atoms with van der Waals surface area (Å²) < 4.78 is 16.3. The summed E-state index contributed by atoms with van der Waals surface area (Å²) in [6.07, 6.45) is 3.38. The molecule has 4 rings (SSSR count). The van der Waals surface area contributed by atoms with Crippen LogP contribution in [0.4, 0.5) is 5.13 Å². The van der Waals surface area contributed by atoms with Crippen LogP contribution in [0.25, 0.3) is 6.08 Å². The Kier molecular flexibility index (Phi) is 8.02. The van der Waals surface area contributed by atoms with Crippen LogP contribution in [0.3, 0.4) is 0 Å². The van der Waals surface area contributed by atoms with E-state index in [4.69, 9.17) is 14.2 Å². The molecule has 176 valence electrons. The lowest BCUT2D eigenvalue weighted by Gasteiger charge is -2.33. The molecule has 2 aliphatic rings. The Morgan fingerprint density at radius 1 is 1.21 bits per heavy atom. The molecule has 10 nitrogen and oxygen atoms in total. The summed E-state index contributed by atoms with van der Waals surface area (Å²) in [7, 11) is 1.59. The number of piperazine rings is 1. The Hall–Kier alpha value is -2.83. The third-order valence-electron chi connectivity index (χ3n) is 5.03. The first-order valence-electron chi connectivity index (χ1n) is 10.5. The summed E-state index contributed by atoms with van der Waals surface area (Å²) in [4.78, 5) is 28.3. The Labute approximate surface area is 199 Å². The zero-order chi connectivity index (χ0) is 23.0. The number of methoxy groups -OCH3 is 1. The molecule has 1 aromatic heterocycles. The van der Waals surface area contributed by atoms with Crippen molar-refractivity contribution in [2.24, 2.45) is 0 Å². The van der Waals surface area contributed by atoms with Crippen molar-refractivity contribution in [2.45, 2.75) is 4.34 Å². The molecule has 0 aliphatic carbocycles. The number of fused-ring (bicyclic) bond motifs is 1. The smallest absolute Gasteiger partial charge is 0.246 e. The van der Waals surface area contributed by atoms with Crippen LogP contribution in [0.1, 0.15) is 5.56 Å². The number of ether oxygens (including phenoxy) is 3. The molecular weight excluding hydrogens is 466 g/mol. The van der Waals surface area contributed by atoms with Gasteiger partial charge in [-0.05, 0) is 23.8 Å². The van der Waals surface area contributed by atoms with E-state index in [0.29, 0.717) is 45.1 Å². The minimum Gasteiger partial charge on any atom is -0.454 e. The lowest BCUT2D eigenvalue weighted by atomic mass is 10.2. The van der Waals surface area contributed by atoms with Crippen molar-refractivity contribution in [3.05, 3.63) is 29.8 Å². The van der Waals surface area contributed by atoms with Gasteiger partial charge in [-0.1, -0.05) is 29.2 Å². The van der Waals surface area contributed by atoms with Crippen molar-refractivity contribution in [1.29, 1.82) is 0 Å². The minimum atomic E-state index is -0.0604. The number of thioether (sulfide) groups is 1. The van der Waals surface area contributed by atoms with Gasteiger partial charge in [0, 0.05) is 45.9 Å². The average molecular weight is 492 g/mol. The number of benzene rings is 1. The van der Waals surface area contributed by atoms with E-state index < -0.39 is 0 Å².